The maximum absolute atomic E-state index is 3.53. The summed E-state index contributed by atoms with van der Waals surface area (Å²) in [5.74, 6) is 0.942. The SMILES string of the molecule is CCCCCCCC(CCCCCC)CCc1ccc(Br)cc1. The third-order valence-electron chi connectivity index (χ3n) is 4.94. The van der Waals surface area contributed by atoms with Crippen molar-refractivity contribution in [3.63, 3.8) is 0 Å². The van der Waals surface area contributed by atoms with Gasteiger partial charge >= 0.3 is 0 Å². The lowest BCUT2D eigenvalue weighted by molar-refractivity contribution is 0.382. The highest BCUT2D eigenvalue weighted by Crippen LogP contribution is 2.24. The summed E-state index contributed by atoms with van der Waals surface area (Å²) in [6.45, 7) is 4.60. The molecule has 0 bridgehead atoms. The number of hydrogen-bond acceptors (Lipinski definition) is 0. The molecular weight excluding hydrogens is 344 g/mol. The summed E-state index contributed by atoms with van der Waals surface area (Å²) in [5, 5.41) is 0. The van der Waals surface area contributed by atoms with Crippen LogP contribution in [0.25, 0.3) is 0 Å². The summed E-state index contributed by atoms with van der Waals surface area (Å²) in [4.78, 5) is 0. The number of hydrogen-bond donors (Lipinski definition) is 0. The van der Waals surface area contributed by atoms with Crippen molar-refractivity contribution in [2.45, 2.75) is 97.3 Å². The molecule has 0 N–H and O–H groups in total. The number of benzene rings is 1. The molecule has 0 nitrogen and oxygen atoms in total. The fourth-order valence-electron chi connectivity index (χ4n) is 3.35. The lowest BCUT2D eigenvalue weighted by Crippen LogP contribution is -2.03. The summed E-state index contributed by atoms with van der Waals surface area (Å²) in [7, 11) is 0. The van der Waals surface area contributed by atoms with Crippen LogP contribution < -0.4 is 0 Å². The second kappa shape index (κ2) is 14.1. The van der Waals surface area contributed by atoms with Crippen LogP contribution in [-0.4, -0.2) is 0 Å². The van der Waals surface area contributed by atoms with Gasteiger partial charge in [-0.15, -0.1) is 0 Å². The first-order valence-electron chi connectivity index (χ1n) is 10.0. The fraction of sp³-hybridized carbons (Fsp3) is 0.727. The molecule has 1 atom stereocenters. The van der Waals surface area contributed by atoms with Crippen molar-refractivity contribution >= 4 is 15.9 Å². The average molecular weight is 381 g/mol. The summed E-state index contributed by atoms with van der Waals surface area (Å²) in [6.07, 6.45) is 18.2. The Morgan fingerprint density at radius 2 is 1.22 bits per heavy atom. The van der Waals surface area contributed by atoms with Gasteiger partial charge in [0.1, 0.15) is 0 Å². The first kappa shape index (κ1) is 20.7. The van der Waals surface area contributed by atoms with E-state index in [9.17, 15) is 0 Å². The third kappa shape index (κ3) is 11.0. The van der Waals surface area contributed by atoms with E-state index in [-0.39, 0.29) is 0 Å². The summed E-state index contributed by atoms with van der Waals surface area (Å²) in [6, 6.07) is 8.91. The normalized spacial score (nSPS) is 12.5. The Labute approximate surface area is 153 Å². The van der Waals surface area contributed by atoms with Crippen molar-refractivity contribution in [3.8, 4) is 0 Å². The molecule has 0 aromatic heterocycles. The minimum Gasteiger partial charge on any atom is -0.0654 e. The van der Waals surface area contributed by atoms with Crippen LogP contribution in [0.2, 0.25) is 0 Å². The molecule has 0 saturated carbocycles. The van der Waals surface area contributed by atoms with Gasteiger partial charge < -0.3 is 0 Å². The zero-order valence-electron chi connectivity index (χ0n) is 15.5. The van der Waals surface area contributed by atoms with E-state index in [1.165, 1.54) is 93.5 Å². The van der Waals surface area contributed by atoms with E-state index in [1.807, 2.05) is 0 Å². The fourth-order valence-corrected chi connectivity index (χ4v) is 3.62. The van der Waals surface area contributed by atoms with Crippen molar-refractivity contribution in [3.05, 3.63) is 34.3 Å². The largest absolute Gasteiger partial charge is 0.0654 e. The van der Waals surface area contributed by atoms with Crippen molar-refractivity contribution in [2.75, 3.05) is 0 Å². The molecule has 0 aliphatic heterocycles. The Kier molecular flexibility index (Phi) is 12.7. The predicted molar refractivity (Wildman–Crippen MR) is 108 cm³/mol. The van der Waals surface area contributed by atoms with E-state index in [0.717, 1.165) is 5.92 Å². The van der Waals surface area contributed by atoms with Crippen LogP contribution in [0.4, 0.5) is 0 Å². The Bertz CT molecular complexity index is 368. The summed E-state index contributed by atoms with van der Waals surface area (Å²) < 4.78 is 1.19. The molecule has 1 unspecified atom stereocenters. The highest BCUT2D eigenvalue weighted by molar-refractivity contribution is 9.10. The molecule has 1 aromatic carbocycles. The summed E-state index contributed by atoms with van der Waals surface area (Å²) >= 11 is 3.53. The molecule has 1 heteroatoms. The molecular formula is C22H37Br. The Balaban J connectivity index is 2.31. The molecule has 0 aliphatic carbocycles. The van der Waals surface area contributed by atoms with Gasteiger partial charge in [-0.05, 0) is 36.5 Å². The van der Waals surface area contributed by atoms with Crippen LogP contribution in [0.15, 0.2) is 28.7 Å². The van der Waals surface area contributed by atoms with Crippen LogP contribution in [0.1, 0.15) is 96.5 Å². The molecule has 0 radical (unpaired) electrons. The average Bonchev–Trinajstić information content (AvgIpc) is 2.57. The predicted octanol–water partition coefficient (Wildman–Crippen LogP) is 8.33. The number of aryl methyl sites for hydroxylation is 1. The minimum absolute atomic E-state index is 0.942. The topological polar surface area (TPSA) is 0 Å². The molecule has 0 fully saturated rings. The minimum atomic E-state index is 0.942. The lowest BCUT2D eigenvalue weighted by atomic mass is 9.89. The molecule has 0 amide bonds. The van der Waals surface area contributed by atoms with Gasteiger partial charge in [0.25, 0.3) is 0 Å². The lowest BCUT2D eigenvalue weighted by Gasteiger charge is -2.17. The van der Waals surface area contributed by atoms with E-state index in [2.05, 4.69) is 54.0 Å². The molecule has 0 heterocycles. The van der Waals surface area contributed by atoms with Gasteiger partial charge in [0.05, 0.1) is 0 Å². The molecule has 0 saturated heterocycles. The van der Waals surface area contributed by atoms with Gasteiger partial charge in [-0.3, -0.25) is 0 Å². The zero-order chi connectivity index (χ0) is 16.8. The van der Waals surface area contributed by atoms with Crippen LogP contribution in [-0.2, 0) is 6.42 Å². The smallest absolute Gasteiger partial charge is 0.0175 e. The molecule has 132 valence electrons. The second-order valence-corrected chi connectivity index (χ2v) is 8.00. The molecule has 1 rings (SSSR count). The molecule has 23 heavy (non-hydrogen) atoms. The van der Waals surface area contributed by atoms with E-state index >= 15 is 0 Å². The van der Waals surface area contributed by atoms with Crippen LogP contribution >= 0.6 is 15.9 Å². The number of unbranched alkanes of at least 4 members (excludes halogenated alkanes) is 7. The van der Waals surface area contributed by atoms with Crippen LogP contribution in [0.3, 0.4) is 0 Å². The van der Waals surface area contributed by atoms with Gasteiger partial charge in [-0.25, -0.2) is 0 Å². The first-order chi connectivity index (χ1) is 11.3. The van der Waals surface area contributed by atoms with Gasteiger partial charge in [0.2, 0.25) is 0 Å². The number of rotatable bonds is 14. The highest BCUT2D eigenvalue weighted by Gasteiger charge is 2.09. The standard InChI is InChI=1S/C22H37Br/c1-3-5-7-9-11-13-20(12-10-8-6-4-2)14-15-21-16-18-22(23)19-17-21/h16-20H,3-15H2,1-2H3. The second-order valence-electron chi connectivity index (χ2n) is 7.08. The monoisotopic (exact) mass is 380 g/mol. The maximum Gasteiger partial charge on any atom is 0.0175 e. The Morgan fingerprint density at radius 3 is 1.78 bits per heavy atom. The summed E-state index contributed by atoms with van der Waals surface area (Å²) in [5.41, 5.74) is 1.50. The van der Waals surface area contributed by atoms with Gasteiger partial charge in [-0.1, -0.05) is 113 Å². The maximum atomic E-state index is 3.53. The zero-order valence-corrected chi connectivity index (χ0v) is 17.0. The van der Waals surface area contributed by atoms with Crippen molar-refractivity contribution < 1.29 is 0 Å². The van der Waals surface area contributed by atoms with Crippen LogP contribution in [0, 0.1) is 5.92 Å². The van der Waals surface area contributed by atoms with E-state index in [4.69, 9.17) is 0 Å². The van der Waals surface area contributed by atoms with Gasteiger partial charge in [0, 0.05) is 4.47 Å². The Morgan fingerprint density at radius 1 is 0.696 bits per heavy atom. The van der Waals surface area contributed by atoms with E-state index < -0.39 is 0 Å². The molecule has 0 spiro atoms. The third-order valence-corrected chi connectivity index (χ3v) is 5.47. The quantitative estimate of drug-likeness (QED) is 0.284. The van der Waals surface area contributed by atoms with Crippen LogP contribution in [0.5, 0.6) is 0 Å². The van der Waals surface area contributed by atoms with Gasteiger partial charge in [0.15, 0.2) is 0 Å². The number of halogens is 1. The first-order valence-corrected chi connectivity index (χ1v) is 10.8. The van der Waals surface area contributed by atoms with E-state index in [0.29, 0.717) is 0 Å². The highest BCUT2D eigenvalue weighted by atomic mass is 79.9. The Hall–Kier alpha value is -0.300. The van der Waals surface area contributed by atoms with Gasteiger partial charge in [-0.2, -0.15) is 0 Å². The van der Waals surface area contributed by atoms with Crippen molar-refractivity contribution in [1.29, 1.82) is 0 Å². The van der Waals surface area contributed by atoms with Crippen molar-refractivity contribution in [1.82, 2.24) is 0 Å². The van der Waals surface area contributed by atoms with E-state index in [1.54, 1.807) is 0 Å². The molecule has 0 aliphatic rings. The van der Waals surface area contributed by atoms with Crippen molar-refractivity contribution in [2.24, 2.45) is 5.92 Å². The molecule has 1 aromatic rings.